The van der Waals surface area contributed by atoms with Crippen LogP contribution in [0, 0.1) is 0 Å². The van der Waals surface area contributed by atoms with Gasteiger partial charge in [0.15, 0.2) is 5.82 Å². The number of nitrogens with one attached hydrogen (secondary N) is 1. The molecule has 0 spiro atoms. The molecule has 0 fully saturated rings. The molecule has 8 heteroatoms. The van der Waals surface area contributed by atoms with E-state index in [0.717, 1.165) is 0 Å². The highest BCUT2D eigenvalue weighted by Gasteiger charge is 2.22. The van der Waals surface area contributed by atoms with Crippen LogP contribution in [0.3, 0.4) is 0 Å². The first-order valence-electron chi connectivity index (χ1n) is 6.82. The highest BCUT2D eigenvalue weighted by atomic mass is 32.2. The monoisotopic (exact) mass is 325 g/mol. The van der Waals surface area contributed by atoms with Gasteiger partial charge in [0.05, 0.1) is 12.8 Å². The van der Waals surface area contributed by atoms with Crippen molar-refractivity contribution in [3.63, 3.8) is 0 Å². The molecule has 1 unspecified atom stereocenters. The molecule has 0 saturated carbocycles. The molecule has 22 heavy (non-hydrogen) atoms. The number of aromatic nitrogens is 2. The maximum atomic E-state index is 11.9. The Morgan fingerprint density at radius 2 is 2.18 bits per heavy atom. The van der Waals surface area contributed by atoms with Gasteiger partial charge < -0.3 is 14.3 Å². The van der Waals surface area contributed by atoms with Gasteiger partial charge in [0.2, 0.25) is 11.8 Å². The molecule has 0 radical (unpaired) electrons. The largest absolute Gasteiger partial charge is 0.467 e. The van der Waals surface area contributed by atoms with Crippen molar-refractivity contribution in [2.75, 3.05) is 5.75 Å². The summed E-state index contributed by atoms with van der Waals surface area (Å²) in [6.07, 6.45) is 1.53. The number of carbonyl (C=O) groups is 1. The highest BCUT2D eigenvalue weighted by Crippen LogP contribution is 2.18. The first-order chi connectivity index (χ1) is 10.3. The lowest BCUT2D eigenvalue weighted by Crippen LogP contribution is -2.28. The molecule has 2 rings (SSSR count). The van der Waals surface area contributed by atoms with Crippen LogP contribution in [0.15, 0.2) is 27.3 Å². The van der Waals surface area contributed by atoms with Crippen molar-refractivity contribution in [1.29, 1.82) is 0 Å². The molecular formula is C14H19N3O4S. The normalized spacial score (nSPS) is 13.0. The number of amides is 1. The number of hydrogen-bond donors (Lipinski definition) is 1. The molecule has 1 atom stereocenters. The van der Waals surface area contributed by atoms with Gasteiger partial charge in [0.1, 0.15) is 17.3 Å². The molecular weight excluding hydrogens is 306 g/mol. The third-order valence-electron chi connectivity index (χ3n) is 2.76. The summed E-state index contributed by atoms with van der Waals surface area (Å²) in [6, 6.07) is 3.49. The lowest BCUT2D eigenvalue weighted by atomic mass is 9.96. The van der Waals surface area contributed by atoms with Gasteiger partial charge in [0, 0.05) is 16.2 Å². The lowest BCUT2D eigenvalue weighted by molar-refractivity contribution is -0.118. The number of rotatable bonds is 6. The van der Waals surface area contributed by atoms with E-state index in [1.54, 1.807) is 12.1 Å². The molecule has 1 amide bonds. The van der Waals surface area contributed by atoms with E-state index in [9.17, 15) is 9.00 Å². The molecule has 0 saturated heterocycles. The minimum atomic E-state index is -1.40. The summed E-state index contributed by atoms with van der Waals surface area (Å²) in [5.74, 6) is 1.12. The Hall–Kier alpha value is -1.96. The maximum Gasteiger partial charge on any atom is 0.239 e. The third kappa shape index (κ3) is 4.80. The highest BCUT2D eigenvalue weighted by molar-refractivity contribution is 7.84. The Morgan fingerprint density at radius 1 is 1.41 bits per heavy atom. The van der Waals surface area contributed by atoms with Gasteiger partial charge in [-0.2, -0.15) is 4.98 Å². The summed E-state index contributed by atoms with van der Waals surface area (Å²) in [7, 11) is -1.40. The summed E-state index contributed by atoms with van der Waals surface area (Å²) in [6.45, 7) is 6.15. The van der Waals surface area contributed by atoms with E-state index in [4.69, 9.17) is 8.94 Å². The summed E-state index contributed by atoms with van der Waals surface area (Å²) >= 11 is 0. The Bertz CT molecular complexity index is 643. The Kier molecular flexibility index (Phi) is 5.12. The Balaban J connectivity index is 1.79. The van der Waals surface area contributed by atoms with E-state index in [0.29, 0.717) is 11.6 Å². The lowest BCUT2D eigenvalue weighted by Gasteiger charge is -2.10. The summed E-state index contributed by atoms with van der Waals surface area (Å²) in [5.41, 5.74) is -0.232. The zero-order valence-electron chi connectivity index (χ0n) is 12.8. The summed E-state index contributed by atoms with van der Waals surface area (Å²) < 4.78 is 22.1. The van der Waals surface area contributed by atoms with Crippen LogP contribution >= 0.6 is 0 Å². The van der Waals surface area contributed by atoms with Gasteiger partial charge in [-0.25, -0.2) is 0 Å². The van der Waals surface area contributed by atoms with Gasteiger partial charge in [-0.3, -0.25) is 9.00 Å². The molecule has 120 valence electrons. The standard InChI is InChI=1S/C14H19N3O4S/c1-14(2,3)13-16-12(21-17-13)9-22(19)8-11(18)15-7-10-5-4-6-20-10/h4-6H,7-9H2,1-3H3,(H,15,18). The topological polar surface area (TPSA) is 98.2 Å². The van der Waals surface area contributed by atoms with Crippen molar-refractivity contribution in [2.24, 2.45) is 0 Å². The van der Waals surface area contributed by atoms with Crippen LogP contribution in [0.1, 0.15) is 38.2 Å². The molecule has 0 aliphatic rings. The molecule has 2 aromatic heterocycles. The second kappa shape index (κ2) is 6.87. The molecule has 2 aromatic rings. The van der Waals surface area contributed by atoms with Crippen molar-refractivity contribution >= 4 is 16.7 Å². The molecule has 1 N–H and O–H groups in total. The van der Waals surface area contributed by atoms with E-state index >= 15 is 0 Å². The Labute approximate surface area is 130 Å². The zero-order chi connectivity index (χ0) is 16.2. The molecule has 0 aliphatic carbocycles. The number of furan rings is 1. The van der Waals surface area contributed by atoms with Gasteiger partial charge in [-0.15, -0.1) is 0 Å². The number of nitrogens with zero attached hydrogens (tertiary/aromatic N) is 2. The van der Waals surface area contributed by atoms with Gasteiger partial charge in [0.25, 0.3) is 0 Å². The van der Waals surface area contributed by atoms with Gasteiger partial charge in [-0.1, -0.05) is 25.9 Å². The van der Waals surface area contributed by atoms with Crippen molar-refractivity contribution < 1.29 is 17.9 Å². The van der Waals surface area contributed by atoms with Crippen molar-refractivity contribution in [3.8, 4) is 0 Å². The van der Waals surface area contributed by atoms with Crippen LogP contribution in [-0.2, 0) is 33.3 Å². The van der Waals surface area contributed by atoms with Crippen LogP contribution in [0.25, 0.3) is 0 Å². The predicted molar refractivity (Wildman–Crippen MR) is 80.3 cm³/mol. The van der Waals surface area contributed by atoms with E-state index < -0.39 is 10.8 Å². The minimum Gasteiger partial charge on any atom is -0.467 e. The number of carbonyl (C=O) groups excluding carboxylic acids is 1. The first kappa shape index (κ1) is 16.4. The quantitative estimate of drug-likeness (QED) is 0.865. The Morgan fingerprint density at radius 3 is 2.77 bits per heavy atom. The fourth-order valence-electron chi connectivity index (χ4n) is 1.60. The fraction of sp³-hybridized carbons (Fsp3) is 0.500. The zero-order valence-corrected chi connectivity index (χ0v) is 13.6. The predicted octanol–water partition coefficient (Wildman–Crippen LogP) is 1.53. The van der Waals surface area contributed by atoms with E-state index in [-0.39, 0.29) is 35.3 Å². The average molecular weight is 325 g/mol. The molecule has 2 heterocycles. The second-order valence-electron chi connectivity index (χ2n) is 5.85. The average Bonchev–Trinajstić information content (AvgIpc) is 3.05. The summed E-state index contributed by atoms with van der Waals surface area (Å²) in [4.78, 5) is 15.9. The van der Waals surface area contributed by atoms with Crippen molar-refractivity contribution in [1.82, 2.24) is 15.5 Å². The molecule has 0 bridgehead atoms. The SMILES string of the molecule is CC(C)(C)c1noc(CS(=O)CC(=O)NCc2ccco2)n1. The van der Waals surface area contributed by atoms with Crippen molar-refractivity contribution in [3.05, 3.63) is 35.9 Å². The molecule has 0 aromatic carbocycles. The number of hydrogen-bond acceptors (Lipinski definition) is 6. The minimum absolute atomic E-state index is 0.0667. The third-order valence-corrected chi connectivity index (χ3v) is 3.91. The smallest absolute Gasteiger partial charge is 0.239 e. The van der Waals surface area contributed by atoms with Gasteiger partial charge >= 0.3 is 0 Å². The summed E-state index contributed by atoms with van der Waals surface area (Å²) in [5, 5.41) is 6.50. The van der Waals surface area contributed by atoms with Crippen LogP contribution in [0.5, 0.6) is 0 Å². The fourth-order valence-corrected chi connectivity index (χ4v) is 2.49. The molecule has 7 nitrogen and oxygen atoms in total. The second-order valence-corrected chi connectivity index (χ2v) is 7.30. The van der Waals surface area contributed by atoms with E-state index in [1.807, 2.05) is 20.8 Å². The van der Waals surface area contributed by atoms with Gasteiger partial charge in [-0.05, 0) is 12.1 Å². The van der Waals surface area contributed by atoms with Crippen LogP contribution < -0.4 is 5.32 Å². The van der Waals surface area contributed by atoms with E-state index in [1.165, 1.54) is 6.26 Å². The first-order valence-corrected chi connectivity index (χ1v) is 8.30. The molecule has 0 aliphatic heterocycles. The van der Waals surface area contributed by atoms with Crippen molar-refractivity contribution in [2.45, 2.75) is 38.5 Å². The maximum absolute atomic E-state index is 11.9. The van der Waals surface area contributed by atoms with Crippen LogP contribution in [0.4, 0.5) is 0 Å². The van der Waals surface area contributed by atoms with Crippen LogP contribution in [0.2, 0.25) is 0 Å². The van der Waals surface area contributed by atoms with E-state index in [2.05, 4.69) is 15.5 Å². The van der Waals surface area contributed by atoms with Crippen LogP contribution in [-0.4, -0.2) is 26.0 Å².